The second-order valence-electron chi connectivity index (χ2n) is 8.13. The topological polar surface area (TPSA) is 156 Å². The predicted octanol–water partition coefficient (Wildman–Crippen LogP) is 2.11. The Hall–Kier alpha value is -4.19. The Kier molecular flexibility index (Phi) is 5.28. The summed E-state index contributed by atoms with van der Waals surface area (Å²) in [6.45, 7) is 4.05. The van der Waals surface area contributed by atoms with Crippen LogP contribution in [0.1, 0.15) is 36.9 Å². The molecule has 1 fully saturated rings. The monoisotopic (exact) mass is 462 g/mol. The normalized spacial score (nSPS) is 18.9. The van der Waals surface area contributed by atoms with E-state index >= 15 is 0 Å². The van der Waals surface area contributed by atoms with Crippen LogP contribution in [0.3, 0.4) is 0 Å². The summed E-state index contributed by atoms with van der Waals surface area (Å²) < 4.78 is 10.5. The Labute approximate surface area is 194 Å². The fraction of sp³-hybridized carbons (Fsp3) is 0.318. The smallest absolute Gasteiger partial charge is 0.262 e. The lowest BCUT2D eigenvalue weighted by Crippen LogP contribution is -2.35. The first-order valence-corrected chi connectivity index (χ1v) is 10.7. The molecule has 1 saturated heterocycles. The van der Waals surface area contributed by atoms with Gasteiger partial charge in [0.1, 0.15) is 11.7 Å². The van der Waals surface area contributed by atoms with Crippen LogP contribution in [0.25, 0.3) is 22.8 Å². The number of anilines is 1. The van der Waals surface area contributed by atoms with E-state index in [1.54, 1.807) is 38.4 Å². The number of amides is 1. The maximum atomic E-state index is 12.4. The number of pyridine rings is 1. The fourth-order valence-electron chi connectivity index (χ4n) is 3.71. The van der Waals surface area contributed by atoms with Gasteiger partial charge in [0, 0.05) is 32.3 Å². The van der Waals surface area contributed by atoms with Crippen molar-refractivity contribution >= 4 is 11.9 Å². The molecule has 0 spiro atoms. The standard InChI is InChI=1S/C22H22N8O4/c1-12(19-25-13(2)28-34-19)24-21-23-9-7-16(27-21)14-5-4-6-15(26-14)17-11-18(33-29-17)22(32)8-10-30(3)20(22)31/h4-7,9,11-12,32H,8,10H2,1-3H3,(H,23,24,27)/t12-,22?/m1/s1. The highest BCUT2D eigenvalue weighted by molar-refractivity contribution is 5.87. The highest BCUT2D eigenvalue weighted by Gasteiger charge is 2.48. The zero-order valence-electron chi connectivity index (χ0n) is 18.8. The number of aromatic nitrogens is 6. The molecule has 1 unspecified atom stereocenters. The summed E-state index contributed by atoms with van der Waals surface area (Å²) >= 11 is 0. The number of rotatable bonds is 6. The van der Waals surface area contributed by atoms with Crippen molar-refractivity contribution in [1.82, 2.24) is 35.1 Å². The number of aliphatic hydroxyl groups is 1. The van der Waals surface area contributed by atoms with Crippen molar-refractivity contribution in [2.24, 2.45) is 0 Å². The van der Waals surface area contributed by atoms with Gasteiger partial charge in [-0.3, -0.25) is 4.79 Å². The second-order valence-corrected chi connectivity index (χ2v) is 8.13. The van der Waals surface area contributed by atoms with Crippen molar-refractivity contribution in [3.8, 4) is 22.8 Å². The Morgan fingerprint density at radius 3 is 2.56 bits per heavy atom. The molecule has 1 aliphatic rings. The number of likely N-dealkylation sites (N-methyl/N-ethyl adjacent to an activating group) is 1. The molecule has 4 aromatic rings. The van der Waals surface area contributed by atoms with Gasteiger partial charge in [0.2, 0.25) is 17.4 Å². The average molecular weight is 462 g/mol. The summed E-state index contributed by atoms with van der Waals surface area (Å²) in [5, 5.41) is 21.8. The summed E-state index contributed by atoms with van der Waals surface area (Å²) in [6, 6.07) is 8.39. The Bertz CT molecular complexity index is 1350. The molecule has 0 aromatic carbocycles. The van der Waals surface area contributed by atoms with Crippen molar-refractivity contribution in [3.63, 3.8) is 0 Å². The third-order valence-electron chi connectivity index (χ3n) is 5.62. The molecule has 1 amide bonds. The quantitative estimate of drug-likeness (QED) is 0.432. The van der Waals surface area contributed by atoms with Gasteiger partial charge < -0.3 is 24.4 Å². The number of hydrogen-bond donors (Lipinski definition) is 2. The number of carbonyl (C=O) groups excluding carboxylic acids is 1. The van der Waals surface area contributed by atoms with Gasteiger partial charge in [-0.15, -0.1) is 0 Å². The summed E-state index contributed by atoms with van der Waals surface area (Å²) in [5.41, 5.74) is 0.379. The lowest BCUT2D eigenvalue weighted by Gasteiger charge is -2.16. The van der Waals surface area contributed by atoms with Crippen LogP contribution in [0.5, 0.6) is 0 Å². The molecule has 2 atom stereocenters. The minimum absolute atomic E-state index is 0.0998. The van der Waals surface area contributed by atoms with Gasteiger partial charge in [0.05, 0.1) is 17.1 Å². The number of nitrogens with one attached hydrogen (secondary N) is 1. The maximum absolute atomic E-state index is 12.4. The molecule has 2 N–H and O–H groups in total. The first kappa shape index (κ1) is 21.6. The van der Waals surface area contributed by atoms with Crippen molar-refractivity contribution in [3.05, 3.63) is 54.0 Å². The van der Waals surface area contributed by atoms with Crippen molar-refractivity contribution in [1.29, 1.82) is 0 Å². The van der Waals surface area contributed by atoms with E-state index in [0.29, 0.717) is 47.0 Å². The molecule has 0 radical (unpaired) electrons. The Morgan fingerprint density at radius 2 is 1.85 bits per heavy atom. The first-order chi connectivity index (χ1) is 16.3. The molecule has 0 bridgehead atoms. The molecule has 5 rings (SSSR count). The highest BCUT2D eigenvalue weighted by Crippen LogP contribution is 2.34. The number of nitrogens with zero attached hydrogens (tertiary/aromatic N) is 7. The third-order valence-corrected chi connectivity index (χ3v) is 5.62. The number of likely N-dealkylation sites (tertiary alicyclic amines) is 1. The van der Waals surface area contributed by atoms with Crippen molar-refractivity contribution in [2.75, 3.05) is 18.9 Å². The van der Waals surface area contributed by atoms with E-state index in [-0.39, 0.29) is 18.2 Å². The average Bonchev–Trinajstić information content (AvgIpc) is 3.57. The molecule has 0 saturated carbocycles. The summed E-state index contributed by atoms with van der Waals surface area (Å²) in [7, 11) is 1.64. The van der Waals surface area contributed by atoms with Crippen LogP contribution in [0.15, 0.2) is 45.6 Å². The number of carbonyl (C=O) groups is 1. The van der Waals surface area contributed by atoms with Crippen molar-refractivity contribution < 1.29 is 18.9 Å². The first-order valence-electron chi connectivity index (χ1n) is 10.7. The SMILES string of the molecule is Cc1noc([C@@H](C)Nc2nccc(-c3cccc(-c4cc(C5(O)CCN(C)C5=O)on4)n3)n2)n1. The van der Waals surface area contributed by atoms with Crippen LogP contribution in [-0.4, -0.2) is 59.8 Å². The van der Waals surface area contributed by atoms with E-state index in [9.17, 15) is 9.90 Å². The summed E-state index contributed by atoms with van der Waals surface area (Å²) in [4.78, 5) is 31.5. The minimum Gasteiger partial charge on any atom is -0.373 e. The maximum Gasteiger partial charge on any atom is 0.262 e. The molecule has 4 aromatic heterocycles. The van der Waals surface area contributed by atoms with Crippen LogP contribution < -0.4 is 5.32 Å². The minimum atomic E-state index is -1.71. The van der Waals surface area contributed by atoms with Gasteiger partial charge in [-0.1, -0.05) is 16.4 Å². The molecule has 5 heterocycles. The number of hydrogen-bond acceptors (Lipinski definition) is 11. The Balaban J connectivity index is 1.38. The summed E-state index contributed by atoms with van der Waals surface area (Å²) in [5.74, 6) is 1.04. The molecular weight excluding hydrogens is 440 g/mol. The molecule has 12 heteroatoms. The zero-order chi connectivity index (χ0) is 23.9. The Morgan fingerprint density at radius 1 is 1.09 bits per heavy atom. The van der Waals surface area contributed by atoms with Gasteiger partial charge in [0.15, 0.2) is 11.6 Å². The fourth-order valence-corrected chi connectivity index (χ4v) is 3.71. The van der Waals surface area contributed by atoms with Crippen LogP contribution in [-0.2, 0) is 10.4 Å². The van der Waals surface area contributed by atoms with E-state index in [4.69, 9.17) is 9.05 Å². The van der Waals surface area contributed by atoms with E-state index in [2.05, 4.69) is 35.6 Å². The van der Waals surface area contributed by atoms with Crippen LogP contribution in [0, 0.1) is 6.92 Å². The van der Waals surface area contributed by atoms with E-state index in [1.807, 2.05) is 19.1 Å². The van der Waals surface area contributed by atoms with Gasteiger partial charge in [-0.05, 0) is 32.0 Å². The lowest BCUT2D eigenvalue weighted by molar-refractivity contribution is -0.144. The van der Waals surface area contributed by atoms with Gasteiger partial charge in [-0.2, -0.15) is 4.98 Å². The van der Waals surface area contributed by atoms with E-state index in [0.717, 1.165) is 0 Å². The molecule has 12 nitrogen and oxygen atoms in total. The number of aryl methyl sites for hydroxylation is 1. The van der Waals surface area contributed by atoms with E-state index in [1.165, 1.54) is 4.90 Å². The van der Waals surface area contributed by atoms with Gasteiger partial charge in [0.25, 0.3) is 5.91 Å². The third kappa shape index (κ3) is 3.88. The molecule has 34 heavy (non-hydrogen) atoms. The van der Waals surface area contributed by atoms with Crippen LogP contribution in [0.4, 0.5) is 5.95 Å². The van der Waals surface area contributed by atoms with Crippen LogP contribution >= 0.6 is 0 Å². The summed E-state index contributed by atoms with van der Waals surface area (Å²) in [6.07, 6.45) is 1.86. The van der Waals surface area contributed by atoms with Gasteiger partial charge >= 0.3 is 0 Å². The highest BCUT2D eigenvalue weighted by atomic mass is 16.5. The second kappa shape index (κ2) is 8.30. The van der Waals surface area contributed by atoms with Crippen LogP contribution in [0.2, 0.25) is 0 Å². The molecule has 0 aliphatic carbocycles. The predicted molar refractivity (Wildman–Crippen MR) is 118 cm³/mol. The van der Waals surface area contributed by atoms with Gasteiger partial charge in [-0.25, -0.2) is 15.0 Å². The zero-order valence-corrected chi connectivity index (χ0v) is 18.8. The van der Waals surface area contributed by atoms with E-state index < -0.39 is 11.5 Å². The largest absolute Gasteiger partial charge is 0.373 e. The van der Waals surface area contributed by atoms with Crippen molar-refractivity contribution in [2.45, 2.75) is 31.9 Å². The molecule has 1 aliphatic heterocycles. The lowest BCUT2D eigenvalue weighted by atomic mass is 9.98. The molecule has 174 valence electrons. The molecular formula is C22H22N8O4.